The van der Waals surface area contributed by atoms with Gasteiger partial charge in [0.2, 0.25) is 5.91 Å². The highest BCUT2D eigenvalue weighted by molar-refractivity contribution is 5.98. The predicted octanol–water partition coefficient (Wildman–Crippen LogP) is 3.42. The first-order valence-corrected chi connectivity index (χ1v) is 10.7. The molecule has 2 amide bonds. The molecule has 32 heavy (non-hydrogen) atoms. The van der Waals surface area contributed by atoms with E-state index in [0.717, 1.165) is 22.3 Å². The summed E-state index contributed by atoms with van der Waals surface area (Å²) in [5.74, 6) is -0.166. The fraction of sp³-hybridized carbons (Fsp3) is 0.269. The number of amides is 2. The molecule has 0 N–H and O–H groups in total. The van der Waals surface area contributed by atoms with Crippen LogP contribution in [0, 0.1) is 0 Å². The number of nitrogens with zero attached hydrogens (tertiary/aromatic N) is 3. The van der Waals surface area contributed by atoms with E-state index in [1.165, 1.54) is 0 Å². The normalized spacial score (nSPS) is 16.3. The second kappa shape index (κ2) is 9.75. The number of rotatable bonds is 6. The number of pyridine rings is 1. The molecule has 0 aliphatic carbocycles. The number of hydrogen-bond donors (Lipinski definition) is 0. The number of hydrogen-bond acceptors (Lipinski definition) is 4. The molecule has 4 rings (SSSR count). The van der Waals surface area contributed by atoms with Crippen LogP contribution in [0.25, 0.3) is 11.1 Å². The summed E-state index contributed by atoms with van der Waals surface area (Å²) in [5.41, 5.74) is 4.61. The van der Waals surface area contributed by atoms with Crippen LogP contribution < -0.4 is 0 Å². The summed E-state index contributed by atoms with van der Waals surface area (Å²) in [7, 11) is 3.44. The predicted molar refractivity (Wildman–Crippen MR) is 123 cm³/mol. The van der Waals surface area contributed by atoms with Gasteiger partial charge < -0.3 is 14.5 Å². The Balaban J connectivity index is 1.63. The first-order valence-electron chi connectivity index (χ1n) is 10.7. The second-order valence-electron chi connectivity index (χ2n) is 8.01. The highest BCUT2D eigenvalue weighted by atomic mass is 16.5. The largest absolute Gasteiger partial charge is 0.380 e. The number of piperazine rings is 1. The molecule has 1 aliphatic rings. The lowest BCUT2D eigenvalue weighted by atomic mass is 9.93. The van der Waals surface area contributed by atoms with Crippen molar-refractivity contribution < 1.29 is 14.3 Å². The Kier molecular flexibility index (Phi) is 6.61. The second-order valence-corrected chi connectivity index (χ2v) is 8.01. The molecule has 6 nitrogen and oxygen atoms in total. The molecular formula is C26H27N3O3. The van der Waals surface area contributed by atoms with Gasteiger partial charge in [-0.25, -0.2) is 0 Å². The van der Waals surface area contributed by atoms with Crippen molar-refractivity contribution in [1.29, 1.82) is 0 Å². The van der Waals surface area contributed by atoms with Gasteiger partial charge in [0.1, 0.15) is 6.04 Å². The van der Waals surface area contributed by atoms with Crippen molar-refractivity contribution >= 4 is 11.8 Å². The number of likely N-dealkylation sites (N-methyl/N-ethyl adjacent to an activating group) is 1. The zero-order valence-corrected chi connectivity index (χ0v) is 18.4. The fourth-order valence-electron chi connectivity index (χ4n) is 4.14. The third-order valence-electron chi connectivity index (χ3n) is 5.89. The van der Waals surface area contributed by atoms with E-state index in [0.29, 0.717) is 31.7 Å². The van der Waals surface area contributed by atoms with Gasteiger partial charge >= 0.3 is 0 Å². The molecule has 0 unspecified atom stereocenters. The van der Waals surface area contributed by atoms with E-state index in [1.54, 1.807) is 42.3 Å². The van der Waals surface area contributed by atoms with Gasteiger partial charge in [-0.05, 0) is 34.9 Å². The number of aromatic nitrogens is 1. The van der Waals surface area contributed by atoms with E-state index in [9.17, 15) is 9.59 Å². The van der Waals surface area contributed by atoms with Gasteiger partial charge in [0.25, 0.3) is 5.91 Å². The van der Waals surface area contributed by atoms with Gasteiger partial charge in [-0.2, -0.15) is 0 Å². The Morgan fingerprint density at radius 2 is 1.84 bits per heavy atom. The van der Waals surface area contributed by atoms with Crippen LogP contribution >= 0.6 is 0 Å². The third kappa shape index (κ3) is 4.55. The van der Waals surface area contributed by atoms with Crippen molar-refractivity contribution in [3.05, 3.63) is 89.7 Å². The molecule has 1 atom stereocenters. The molecule has 1 fully saturated rings. The van der Waals surface area contributed by atoms with Crippen molar-refractivity contribution in [1.82, 2.24) is 14.8 Å². The smallest absolute Gasteiger partial charge is 0.254 e. The minimum Gasteiger partial charge on any atom is -0.380 e. The van der Waals surface area contributed by atoms with Crippen molar-refractivity contribution in [3.8, 4) is 11.1 Å². The zero-order valence-electron chi connectivity index (χ0n) is 18.4. The lowest BCUT2D eigenvalue weighted by Gasteiger charge is -2.39. The fourth-order valence-corrected chi connectivity index (χ4v) is 4.14. The highest BCUT2D eigenvalue weighted by Crippen LogP contribution is 2.27. The molecule has 0 spiro atoms. The molecule has 1 aliphatic heterocycles. The summed E-state index contributed by atoms with van der Waals surface area (Å²) < 4.78 is 5.15. The Bertz CT molecular complexity index is 1080. The van der Waals surface area contributed by atoms with E-state index in [2.05, 4.69) is 4.98 Å². The number of benzene rings is 2. The van der Waals surface area contributed by atoms with Crippen LogP contribution in [0.3, 0.4) is 0 Å². The van der Waals surface area contributed by atoms with E-state index < -0.39 is 6.04 Å². The quantitative estimate of drug-likeness (QED) is 0.602. The Hall–Kier alpha value is -3.51. The Morgan fingerprint density at radius 3 is 2.56 bits per heavy atom. The maximum absolute atomic E-state index is 13.4. The summed E-state index contributed by atoms with van der Waals surface area (Å²) in [4.78, 5) is 34.2. The Labute approximate surface area is 188 Å². The van der Waals surface area contributed by atoms with Crippen LogP contribution in [0.2, 0.25) is 0 Å². The molecular weight excluding hydrogens is 402 g/mol. The molecule has 6 heteroatoms. The number of carbonyl (C=O) groups excluding carboxylic acids is 2. The lowest BCUT2D eigenvalue weighted by Crippen LogP contribution is -2.58. The van der Waals surface area contributed by atoms with Gasteiger partial charge in [0.05, 0.1) is 6.61 Å². The molecule has 164 valence electrons. The third-order valence-corrected chi connectivity index (χ3v) is 5.89. The topological polar surface area (TPSA) is 62.7 Å². The monoisotopic (exact) mass is 429 g/mol. The zero-order chi connectivity index (χ0) is 22.5. The Morgan fingerprint density at radius 1 is 1.06 bits per heavy atom. The summed E-state index contributed by atoms with van der Waals surface area (Å²) in [6, 6.07) is 18.7. The summed E-state index contributed by atoms with van der Waals surface area (Å²) in [6.07, 6.45) is 4.00. The minimum absolute atomic E-state index is 0.0402. The molecule has 0 saturated carbocycles. The van der Waals surface area contributed by atoms with Crippen molar-refractivity contribution in [2.24, 2.45) is 0 Å². The summed E-state index contributed by atoms with van der Waals surface area (Å²) >= 11 is 0. The van der Waals surface area contributed by atoms with Crippen LogP contribution in [0.1, 0.15) is 21.5 Å². The van der Waals surface area contributed by atoms with Gasteiger partial charge in [-0.15, -0.1) is 0 Å². The average Bonchev–Trinajstić information content (AvgIpc) is 2.83. The SMILES string of the molecule is COCc1ccc(C(=O)N2CCN(C)C(=O)[C@@H]2Cc2ccccc2-c2cccnc2)cc1. The molecule has 1 aromatic heterocycles. The molecule has 0 bridgehead atoms. The van der Waals surface area contributed by atoms with E-state index >= 15 is 0 Å². The lowest BCUT2D eigenvalue weighted by molar-refractivity contribution is -0.138. The van der Waals surface area contributed by atoms with Crippen molar-refractivity contribution in [2.45, 2.75) is 19.1 Å². The van der Waals surface area contributed by atoms with Gasteiger partial charge in [-0.3, -0.25) is 14.6 Å². The van der Waals surface area contributed by atoms with Crippen LogP contribution in [0.5, 0.6) is 0 Å². The van der Waals surface area contributed by atoms with Gasteiger partial charge in [0, 0.05) is 57.2 Å². The van der Waals surface area contributed by atoms with Crippen LogP contribution in [0.15, 0.2) is 73.1 Å². The summed E-state index contributed by atoms with van der Waals surface area (Å²) in [6.45, 7) is 1.52. The van der Waals surface area contributed by atoms with E-state index in [4.69, 9.17) is 4.74 Å². The van der Waals surface area contributed by atoms with Crippen molar-refractivity contribution in [3.63, 3.8) is 0 Å². The first kappa shape index (κ1) is 21.7. The number of carbonyl (C=O) groups is 2. The highest BCUT2D eigenvalue weighted by Gasteiger charge is 2.36. The molecule has 2 heterocycles. The van der Waals surface area contributed by atoms with E-state index in [-0.39, 0.29) is 11.8 Å². The maximum Gasteiger partial charge on any atom is 0.254 e. The number of ether oxygens (including phenoxy) is 1. The molecule has 0 radical (unpaired) electrons. The standard InChI is InChI=1S/C26H27N3O3/c1-28-14-15-29(25(30)20-11-9-19(10-12-20)18-32-2)24(26(28)31)16-21-6-3-4-8-23(21)22-7-5-13-27-17-22/h3-13,17,24H,14-16,18H2,1-2H3/t24-/m0/s1. The maximum atomic E-state index is 13.4. The molecule has 3 aromatic rings. The first-order chi connectivity index (χ1) is 15.6. The van der Waals surface area contributed by atoms with Crippen LogP contribution in [-0.4, -0.2) is 59.9 Å². The van der Waals surface area contributed by atoms with Gasteiger partial charge in [-0.1, -0.05) is 42.5 Å². The molecule has 1 saturated heterocycles. The van der Waals surface area contributed by atoms with Gasteiger partial charge in [0.15, 0.2) is 0 Å². The minimum atomic E-state index is -0.558. The van der Waals surface area contributed by atoms with E-state index in [1.807, 2.05) is 54.7 Å². The van der Waals surface area contributed by atoms with Crippen LogP contribution in [0.4, 0.5) is 0 Å². The van der Waals surface area contributed by atoms with Crippen molar-refractivity contribution in [2.75, 3.05) is 27.2 Å². The number of methoxy groups -OCH3 is 1. The average molecular weight is 430 g/mol. The molecule has 2 aromatic carbocycles. The van der Waals surface area contributed by atoms with Crippen LogP contribution in [-0.2, 0) is 22.6 Å². The summed E-state index contributed by atoms with van der Waals surface area (Å²) in [5, 5.41) is 0.